The van der Waals surface area contributed by atoms with Gasteiger partial charge in [0.25, 0.3) is 0 Å². The molecule has 1 saturated heterocycles. The predicted molar refractivity (Wildman–Crippen MR) is 75.5 cm³/mol. The molecular formula is C15H20N2O2. The van der Waals surface area contributed by atoms with E-state index in [9.17, 15) is 9.90 Å². The van der Waals surface area contributed by atoms with E-state index in [1.54, 1.807) is 18.2 Å². The maximum Gasteiger partial charge on any atom is 0.241 e. The molecule has 0 unspecified atom stereocenters. The average molecular weight is 260 g/mol. The van der Waals surface area contributed by atoms with Crippen LogP contribution in [0.15, 0.2) is 24.3 Å². The summed E-state index contributed by atoms with van der Waals surface area (Å²) in [7, 11) is 0. The lowest BCUT2D eigenvalue weighted by Gasteiger charge is -2.26. The maximum atomic E-state index is 10.7. The molecule has 1 heterocycles. The topological polar surface area (TPSA) is 66.6 Å². The average Bonchev–Trinajstić information content (AvgIpc) is 2.41. The van der Waals surface area contributed by atoms with Gasteiger partial charge in [-0.05, 0) is 49.7 Å². The fourth-order valence-electron chi connectivity index (χ4n) is 2.37. The number of hydrogen-bond donors (Lipinski definition) is 2. The van der Waals surface area contributed by atoms with Crippen molar-refractivity contribution in [2.45, 2.75) is 25.8 Å². The summed E-state index contributed by atoms with van der Waals surface area (Å²) in [5, 5.41) is 9.90. The van der Waals surface area contributed by atoms with E-state index in [4.69, 9.17) is 5.73 Å². The number of piperidine rings is 1. The number of nitrogens with two attached hydrogens (primary N) is 1. The minimum Gasteiger partial charge on any atom is -0.508 e. The van der Waals surface area contributed by atoms with Crippen molar-refractivity contribution in [2.24, 2.45) is 5.73 Å². The molecule has 0 spiro atoms. The second kappa shape index (κ2) is 6.38. The Balaban J connectivity index is 2.10. The van der Waals surface area contributed by atoms with Crippen LogP contribution in [0.5, 0.6) is 5.75 Å². The number of likely N-dealkylation sites (tertiary alicyclic amines) is 1. The Morgan fingerprint density at radius 3 is 2.74 bits per heavy atom. The normalized spacial score (nSPS) is 16.8. The molecule has 1 aliphatic rings. The number of nitrogens with zero attached hydrogens (tertiary/aromatic N) is 1. The van der Waals surface area contributed by atoms with Crippen LogP contribution in [0.25, 0.3) is 6.08 Å². The molecule has 0 saturated carbocycles. The number of rotatable bonds is 4. The lowest BCUT2D eigenvalue weighted by molar-refractivity contribution is -0.113. The highest BCUT2D eigenvalue weighted by Crippen LogP contribution is 2.22. The smallest absolute Gasteiger partial charge is 0.241 e. The molecule has 0 atom stereocenters. The van der Waals surface area contributed by atoms with Gasteiger partial charge >= 0.3 is 0 Å². The molecule has 4 nitrogen and oxygen atoms in total. The zero-order valence-electron chi connectivity index (χ0n) is 11.0. The molecule has 4 heteroatoms. The van der Waals surface area contributed by atoms with Crippen LogP contribution in [0.3, 0.4) is 0 Å². The quantitative estimate of drug-likeness (QED) is 0.812. The molecule has 0 radical (unpaired) electrons. The molecule has 19 heavy (non-hydrogen) atoms. The summed E-state index contributed by atoms with van der Waals surface area (Å²) in [5.41, 5.74) is 6.85. The summed E-state index contributed by atoms with van der Waals surface area (Å²) in [6, 6.07) is 5.35. The van der Waals surface area contributed by atoms with Crippen molar-refractivity contribution in [3.63, 3.8) is 0 Å². The SMILES string of the molecule is NC(=O)/C=C\c1ccc(O)c(CN2CCCCC2)c1. The van der Waals surface area contributed by atoms with Gasteiger partial charge in [-0.15, -0.1) is 0 Å². The molecule has 1 aliphatic heterocycles. The summed E-state index contributed by atoms with van der Waals surface area (Å²) in [5.74, 6) is -0.160. The van der Waals surface area contributed by atoms with Crippen molar-refractivity contribution in [2.75, 3.05) is 13.1 Å². The first kappa shape index (κ1) is 13.6. The van der Waals surface area contributed by atoms with Crippen LogP contribution in [0.4, 0.5) is 0 Å². The minimum absolute atomic E-state index is 0.307. The molecule has 1 fully saturated rings. The van der Waals surface area contributed by atoms with Gasteiger partial charge in [0.1, 0.15) is 5.75 Å². The number of amides is 1. The van der Waals surface area contributed by atoms with Gasteiger partial charge in [0.15, 0.2) is 0 Å². The van der Waals surface area contributed by atoms with Crippen LogP contribution in [-0.2, 0) is 11.3 Å². The van der Waals surface area contributed by atoms with Gasteiger partial charge < -0.3 is 10.8 Å². The summed E-state index contributed by atoms with van der Waals surface area (Å²) < 4.78 is 0. The second-order valence-corrected chi connectivity index (χ2v) is 4.96. The summed E-state index contributed by atoms with van der Waals surface area (Å²) >= 11 is 0. The van der Waals surface area contributed by atoms with Gasteiger partial charge in [-0.3, -0.25) is 9.69 Å². The van der Waals surface area contributed by atoms with Gasteiger partial charge in [0, 0.05) is 18.2 Å². The van der Waals surface area contributed by atoms with Crippen molar-refractivity contribution in [1.29, 1.82) is 0 Å². The lowest BCUT2D eigenvalue weighted by Crippen LogP contribution is -2.29. The molecule has 2 rings (SSSR count). The van der Waals surface area contributed by atoms with E-state index in [0.29, 0.717) is 5.75 Å². The number of primary amides is 1. The fraction of sp³-hybridized carbons (Fsp3) is 0.400. The Kier molecular flexibility index (Phi) is 4.58. The molecule has 1 aromatic carbocycles. The van der Waals surface area contributed by atoms with Gasteiger partial charge in [0.05, 0.1) is 0 Å². The molecule has 1 amide bonds. The van der Waals surface area contributed by atoms with Crippen LogP contribution >= 0.6 is 0 Å². The first-order valence-corrected chi connectivity index (χ1v) is 6.67. The van der Waals surface area contributed by atoms with E-state index in [0.717, 1.165) is 30.8 Å². The molecule has 0 aromatic heterocycles. The zero-order valence-corrected chi connectivity index (χ0v) is 11.0. The van der Waals surface area contributed by atoms with Gasteiger partial charge in [0.2, 0.25) is 5.91 Å². The molecule has 3 N–H and O–H groups in total. The largest absolute Gasteiger partial charge is 0.508 e. The molecular weight excluding hydrogens is 240 g/mol. The van der Waals surface area contributed by atoms with E-state index in [1.807, 2.05) is 6.07 Å². The summed E-state index contributed by atoms with van der Waals surface area (Å²) in [6.45, 7) is 2.92. The van der Waals surface area contributed by atoms with Crippen molar-refractivity contribution in [3.8, 4) is 5.75 Å². The minimum atomic E-state index is -0.467. The number of phenols is 1. The highest BCUT2D eigenvalue weighted by molar-refractivity contribution is 5.90. The number of phenolic OH excluding ortho intramolecular Hbond substituents is 1. The number of aromatic hydroxyl groups is 1. The summed E-state index contributed by atoms with van der Waals surface area (Å²) in [4.78, 5) is 13.1. The van der Waals surface area contributed by atoms with Gasteiger partial charge in [-0.25, -0.2) is 0 Å². The second-order valence-electron chi connectivity index (χ2n) is 4.96. The molecule has 0 bridgehead atoms. The third-order valence-corrected chi connectivity index (χ3v) is 3.39. The lowest BCUT2D eigenvalue weighted by atomic mass is 10.1. The highest BCUT2D eigenvalue weighted by Gasteiger charge is 2.12. The Bertz CT molecular complexity index is 477. The standard InChI is InChI=1S/C15H20N2O2/c16-15(19)7-5-12-4-6-14(18)13(10-12)11-17-8-2-1-3-9-17/h4-7,10,18H,1-3,8-9,11H2,(H2,16,19)/b7-5-. The fourth-order valence-corrected chi connectivity index (χ4v) is 2.37. The summed E-state index contributed by atoms with van der Waals surface area (Å²) in [6.07, 6.45) is 6.74. The van der Waals surface area contributed by atoms with Crippen molar-refractivity contribution in [1.82, 2.24) is 4.90 Å². The zero-order chi connectivity index (χ0) is 13.7. The van der Waals surface area contributed by atoms with E-state index in [1.165, 1.54) is 25.3 Å². The van der Waals surface area contributed by atoms with E-state index < -0.39 is 5.91 Å². The van der Waals surface area contributed by atoms with E-state index in [2.05, 4.69) is 4.90 Å². The Hall–Kier alpha value is -1.81. The molecule has 0 aliphatic carbocycles. The molecule has 1 aromatic rings. The van der Waals surface area contributed by atoms with E-state index >= 15 is 0 Å². The highest BCUT2D eigenvalue weighted by atomic mass is 16.3. The first-order chi connectivity index (χ1) is 9.15. The monoisotopic (exact) mass is 260 g/mol. The van der Waals surface area contributed by atoms with Crippen LogP contribution in [-0.4, -0.2) is 29.0 Å². The Labute approximate surface area is 113 Å². The van der Waals surface area contributed by atoms with Crippen LogP contribution in [0.1, 0.15) is 30.4 Å². The predicted octanol–water partition coefficient (Wildman–Crippen LogP) is 1.88. The molecule has 102 valence electrons. The third kappa shape index (κ3) is 4.10. The van der Waals surface area contributed by atoms with Crippen LogP contribution in [0, 0.1) is 0 Å². The van der Waals surface area contributed by atoms with E-state index in [-0.39, 0.29) is 0 Å². The van der Waals surface area contributed by atoms with Crippen LogP contribution in [0.2, 0.25) is 0 Å². The first-order valence-electron chi connectivity index (χ1n) is 6.67. The van der Waals surface area contributed by atoms with Gasteiger partial charge in [-0.2, -0.15) is 0 Å². The number of carbonyl (C=O) groups excluding carboxylic acids is 1. The van der Waals surface area contributed by atoms with Crippen LogP contribution < -0.4 is 5.73 Å². The number of hydrogen-bond acceptors (Lipinski definition) is 3. The Morgan fingerprint density at radius 1 is 1.32 bits per heavy atom. The maximum absolute atomic E-state index is 10.7. The number of benzene rings is 1. The number of carbonyl (C=O) groups is 1. The van der Waals surface area contributed by atoms with Crippen molar-refractivity contribution in [3.05, 3.63) is 35.4 Å². The third-order valence-electron chi connectivity index (χ3n) is 3.39. The van der Waals surface area contributed by atoms with Crippen molar-refractivity contribution < 1.29 is 9.90 Å². The van der Waals surface area contributed by atoms with Crippen molar-refractivity contribution >= 4 is 12.0 Å². The van der Waals surface area contributed by atoms with Gasteiger partial charge in [-0.1, -0.05) is 12.5 Å². The Morgan fingerprint density at radius 2 is 2.05 bits per heavy atom.